The summed E-state index contributed by atoms with van der Waals surface area (Å²) in [4.78, 5) is 23.0. The minimum absolute atomic E-state index is 0.358. The van der Waals surface area contributed by atoms with Crippen molar-refractivity contribution in [2.75, 3.05) is 37.6 Å². The van der Waals surface area contributed by atoms with E-state index in [1.54, 1.807) is 17.4 Å². The van der Waals surface area contributed by atoms with Gasteiger partial charge in [-0.3, -0.25) is 0 Å². The van der Waals surface area contributed by atoms with E-state index >= 15 is 0 Å². The molecule has 2 aromatic carbocycles. The Morgan fingerprint density at radius 3 is 2.50 bits per heavy atom. The topological polar surface area (TPSA) is 70.8 Å². The molecule has 7 nitrogen and oxygen atoms in total. The van der Waals surface area contributed by atoms with Crippen molar-refractivity contribution >= 4 is 33.9 Å². The molecule has 1 saturated heterocycles. The van der Waals surface area contributed by atoms with Crippen LogP contribution in [0.2, 0.25) is 0 Å². The van der Waals surface area contributed by atoms with Crippen LogP contribution in [0.25, 0.3) is 22.2 Å². The second-order valence-electron chi connectivity index (χ2n) is 12.9. The molecular formula is C36H44N4O3S. The standard InChI is InChI=1S/C36H44N4O3S/c1-24-33(44-25(2)37-24)23-43-28-12-14-30-31(22-28)39(18-17-38-15-7-4-8-16-38)19-20-40-32-21-27(36(41)42)11-13-29(32)34(35(30)40)26-9-5-3-6-10-26/h11-14,21-22,26H,3-10,15-20,23H2,1-2H3,(H,41,42). The summed E-state index contributed by atoms with van der Waals surface area (Å²) in [5, 5.41) is 12.2. The molecule has 4 heterocycles. The molecule has 2 aliphatic heterocycles. The number of anilines is 1. The van der Waals surface area contributed by atoms with Crippen LogP contribution in [0.1, 0.15) is 88.8 Å². The summed E-state index contributed by atoms with van der Waals surface area (Å²) in [5.74, 6) is 0.500. The van der Waals surface area contributed by atoms with Crippen LogP contribution < -0.4 is 9.64 Å². The average molecular weight is 613 g/mol. The van der Waals surface area contributed by atoms with Crippen LogP contribution in [0.5, 0.6) is 5.75 Å². The average Bonchev–Trinajstić information content (AvgIpc) is 3.49. The molecule has 8 heteroatoms. The molecule has 4 aromatic rings. The van der Waals surface area contributed by atoms with Crippen molar-refractivity contribution in [3.8, 4) is 17.0 Å². The number of rotatable bonds is 8. The smallest absolute Gasteiger partial charge is 0.335 e. The van der Waals surface area contributed by atoms with Gasteiger partial charge in [0, 0.05) is 54.4 Å². The largest absolute Gasteiger partial charge is 0.488 e. The Kier molecular flexibility index (Phi) is 8.38. The van der Waals surface area contributed by atoms with Gasteiger partial charge < -0.3 is 24.2 Å². The van der Waals surface area contributed by atoms with Gasteiger partial charge in [0.05, 0.1) is 26.8 Å². The summed E-state index contributed by atoms with van der Waals surface area (Å²) in [6, 6.07) is 12.4. The second kappa shape index (κ2) is 12.6. The molecule has 3 aliphatic rings. The summed E-state index contributed by atoms with van der Waals surface area (Å²) in [6.45, 7) is 10.7. The van der Waals surface area contributed by atoms with Crippen LogP contribution in [-0.4, -0.2) is 58.3 Å². The first kappa shape index (κ1) is 29.4. The lowest BCUT2D eigenvalue weighted by Crippen LogP contribution is -2.38. The number of thiazole rings is 1. The number of aromatic carboxylic acids is 1. The van der Waals surface area contributed by atoms with Crippen molar-refractivity contribution in [1.82, 2.24) is 14.5 Å². The van der Waals surface area contributed by atoms with E-state index in [2.05, 4.69) is 50.5 Å². The SMILES string of the molecule is Cc1nc(C)c(COc2ccc3c(c2)N(CCN2CCCCC2)CCn2c-3c(C3CCCCC3)c3ccc(C(=O)O)cc32)s1. The van der Waals surface area contributed by atoms with E-state index in [-0.39, 0.29) is 0 Å². The van der Waals surface area contributed by atoms with Gasteiger partial charge in [-0.1, -0.05) is 31.7 Å². The van der Waals surface area contributed by atoms with E-state index in [0.29, 0.717) is 18.1 Å². The van der Waals surface area contributed by atoms with Crippen molar-refractivity contribution in [1.29, 1.82) is 0 Å². The van der Waals surface area contributed by atoms with Gasteiger partial charge in [0.25, 0.3) is 0 Å². The van der Waals surface area contributed by atoms with Crippen LogP contribution in [0.15, 0.2) is 36.4 Å². The van der Waals surface area contributed by atoms with Crippen molar-refractivity contribution < 1.29 is 14.6 Å². The Balaban J connectivity index is 1.33. The zero-order valence-corrected chi connectivity index (χ0v) is 26.9. The number of likely N-dealkylation sites (tertiary alicyclic amines) is 1. The van der Waals surface area contributed by atoms with Gasteiger partial charge in [-0.15, -0.1) is 11.3 Å². The molecule has 0 spiro atoms. The maximum Gasteiger partial charge on any atom is 0.335 e. The summed E-state index contributed by atoms with van der Waals surface area (Å²) >= 11 is 1.71. The fourth-order valence-corrected chi connectivity index (χ4v) is 8.62. The Morgan fingerprint density at radius 2 is 1.75 bits per heavy atom. The third-order valence-electron chi connectivity index (χ3n) is 10.0. The first-order chi connectivity index (χ1) is 21.5. The quantitative estimate of drug-likeness (QED) is 0.217. The van der Waals surface area contributed by atoms with Gasteiger partial charge in [0.2, 0.25) is 0 Å². The molecule has 44 heavy (non-hydrogen) atoms. The fourth-order valence-electron chi connectivity index (χ4n) is 7.77. The van der Waals surface area contributed by atoms with Crippen molar-refractivity contribution in [2.45, 2.75) is 84.3 Å². The summed E-state index contributed by atoms with van der Waals surface area (Å²) in [7, 11) is 0. The highest BCUT2D eigenvalue weighted by Crippen LogP contribution is 2.48. The molecule has 0 unspecified atom stereocenters. The van der Waals surface area contributed by atoms with Crippen molar-refractivity contribution in [3.05, 3.63) is 63.1 Å². The number of piperidine rings is 1. The first-order valence-electron chi connectivity index (χ1n) is 16.5. The van der Waals surface area contributed by atoms with E-state index in [9.17, 15) is 9.90 Å². The predicted octanol–water partition coefficient (Wildman–Crippen LogP) is 8.01. The molecule has 1 N–H and O–H groups in total. The van der Waals surface area contributed by atoms with Crippen LogP contribution in [-0.2, 0) is 13.2 Å². The number of benzene rings is 2. The maximum absolute atomic E-state index is 12.1. The van der Waals surface area contributed by atoms with E-state index in [1.165, 1.54) is 97.2 Å². The molecule has 2 fully saturated rings. The molecule has 0 radical (unpaired) electrons. The number of aromatic nitrogens is 2. The van der Waals surface area contributed by atoms with E-state index in [1.807, 2.05) is 13.0 Å². The molecule has 0 amide bonds. The summed E-state index contributed by atoms with van der Waals surface area (Å²) in [5.41, 5.74) is 7.64. The highest BCUT2D eigenvalue weighted by atomic mass is 32.1. The zero-order valence-electron chi connectivity index (χ0n) is 26.1. The number of fused-ring (bicyclic) bond motifs is 5. The molecule has 7 rings (SSSR count). The van der Waals surface area contributed by atoms with E-state index in [4.69, 9.17) is 4.74 Å². The Labute approximate surface area is 264 Å². The molecule has 1 saturated carbocycles. The third kappa shape index (κ3) is 5.74. The number of nitrogens with zero attached hydrogens (tertiary/aromatic N) is 4. The number of ether oxygens (including phenoxy) is 1. The maximum atomic E-state index is 12.1. The Bertz CT molecular complexity index is 1660. The number of carboxylic acids is 1. The molecule has 2 aromatic heterocycles. The van der Waals surface area contributed by atoms with Gasteiger partial charge in [-0.25, -0.2) is 9.78 Å². The molecule has 1 aliphatic carbocycles. The normalized spacial score (nSPS) is 17.8. The monoisotopic (exact) mass is 612 g/mol. The lowest BCUT2D eigenvalue weighted by molar-refractivity contribution is 0.0697. The van der Waals surface area contributed by atoms with Crippen molar-refractivity contribution in [3.63, 3.8) is 0 Å². The van der Waals surface area contributed by atoms with Crippen LogP contribution in [0.4, 0.5) is 5.69 Å². The highest BCUT2D eigenvalue weighted by molar-refractivity contribution is 7.11. The molecule has 0 atom stereocenters. The minimum Gasteiger partial charge on any atom is -0.488 e. The van der Waals surface area contributed by atoms with Gasteiger partial charge in [-0.05, 0) is 88.4 Å². The Morgan fingerprint density at radius 1 is 0.955 bits per heavy atom. The zero-order chi connectivity index (χ0) is 30.2. The van der Waals surface area contributed by atoms with Crippen LogP contribution >= 0.6 is 11.3 Å². The van der Waals surface area contributed by atoms with Crippen LogP contribution in [0.3, 0.4) is 0 Å². The molecular weight excluding hydrogens is 568 g/mol. The number of carboxylic acid groups (broad SMARTS) is 1. The number of hydrogen-bond acceptors (Lipinski definition) is 6. The van der Waals surface area contributed by atoms with Gasteiger partial charge >= 0.3 is 5.97 Å². The summed E-state index contributed by atoms with van der Waals surface area (Å²) < 4.78 is 8.87. The van der Waals surface area contributed by atoms with Gasteiger partial charge in [0.1, 0.15) is 12.4 Å². The summed E-state index contributed by atoms with van der Waals surface area (Å²) in [6.07, 6.45) is 10.1. The first-order valence-corrected chi connectivity index (χ1v) is 17.3. The van der Waals surface area contributed by atoms with E-state index in [0.717, 1.165) is 48.1 Å². The number of hydrogen-bond donors (Lipinski definition) is 1. The Hall–Kier alpha value is -3.36. The lowest BCUT2D eigenvalue weighted by Gasteiger charge is -2.31. The minimum atomic E-state index is -0.869. The third-order valence-corrected chi connectivity index (χ3v) is 11.1. The van der Waals surface area contributed by atoms with Gasteiger partial charge in [-0.2, -0.15) is 0 Å². The van der Waals surface area contributed by atoms with Gasteiger partial charge in [0.15, 0.2) is 0 Å². The number of carbonyl (C=O) groups is 1. The molecule has 232 valence electrons. The lowest BCUT2D eigenvalue weighted by atomic mass is 9.81. The van der Waals surface area contributed by atoms with Crippen molar-refractivity contribution in [2.24, 2.45) is 0 Å². The number of aryl methyl sites for hydroxylation is 2. The van der Waals surface area contributed by atoms with E-state index < -0.39 is 5.97 Å². The predicted molar refractivity (Wildman–Crippen MR) is 179 cm³/mol. The second-order valence-corrected chi connectivity index (χ2v) is 14.2. The van der Waals surface area contributed by atoms with Crippen LogP contribution in [0, 0.1) is 13.8 Å². The highest BCUT2D eigenvalue weighted by Gasteiger charge is 2.31. The molecule has 0 bridgehead atoms. The fraction of sp³-hybridized carbons (Fsp3) is 0.500.